The van der Waals surface area contributed by atoms with E-state index in [1.54, 1.807) is 6.07 Å². The van der Waals surface area contributed by atoms with Crippen molar-refractivity contribution < 1.29 is 4.79 Å². The zero-order valence-corrected chi connectivity index (χ0v) is 11.3. The predicted molar refractivity (Wildman–Crippen MR) is 77.8 cm³/mol. The van der Waals surface area contributed by atoms with E-state index >= 15 is 0 Å². The second kappa shape index (κ2) is 5.80. The number of rotatable bonds is 4. The van der Waals surface area contributed by atoms with Gasteiger partial charge in [-0.1, -0.05) is 32.0 Å². The zero-order valence-electron chi connectivity index (χ0n) is 11.3. The molecule has 4 nitrogen and oxygen atoms in total. The molecule has 19 heavy (non-hydrogen) atoms. The van der Waals surface area contributed by atoms with Gasteiger partial charge in [-0.25, -0.2) is 4.98 Å². The minimum atomic E-state index is -0.492. The monoisotopic (exact) mass is 257 g/mol. The Morgan fingerprint density at radius 2 is 2.00 bits per heavy atom. The molecule has 1 amide bonds. The summed E-state index contributed by atoms with van der Waals surface area (Å²) < 4.78 is 0. The van der Waals surface area contributed by atoms with E-state index < -0.39 is 6.04 Å². The van der Waals surface area contributed by atoms with Crippen LogP contribution in [-0.4, -0.2) is 16.9 Å². The predicted octanol–water partition coefficient (Wildman–Crippen LogP) is 2.55. The zero-order chi connectivity index (χ0) is 13.8. The molecule has 0 saturated heterocycles. The summed E-state index contributed by atoms with van der Waals surface area (Å²) in [5.74, 6) is 0.754. The van der Waals surface area contributed by atoms with Gasteiger partial charge in [-0.05, 0) is 30.5 Å². The highest BCUT2D eigenvalue weighted by Gasteiger charge is 2.15. The van der Waals surface area contributed by atoms with Crippen LogP contribution in [0.25, 0.3) is 10.9 Å². The summed E-state index contributed by atoms with van der Waals surface area (Å²) in [5.41, 5.74) is 6.70. The van der Waals surface area contributed by atoms with Crippen molar-refractivity contribution >= 4 is 22.6 Å². The normalized spacial score (nSPS) is 12.6. The molecule has 0 fully saturated rings. The van der Waals surface area contributed by atoms with Crippen LogP contribution in [0.3, 0.4) is 0 Å². The van der Waals surface area contributed by atoms with Crippen LogP contribution in [0.5, 0.6) is 0 Å². The Balaban J connectivity index is 2.10. The van der Waals surface area contributed by atoms with Crippen LogP contribution in [-0.2, 0) is 4.79 Å². The number of hydrogen-bond donors (Lipinski definition) is 2. The first-order valence-electron chi connectivity index (χ1n) is 6.48. The van der Waals surface area contributed by atoms with Gasteiger partial charge in [0, 0.05) is 5.39 Å². The lowest BCUT2D eigenvalue weighted by atomic mass is 10.0. The third-order valence-corrected chi connectivity index (χ3v) is 2.91. The van der Waals surface area contributed by atoms with E-state index in [4.69, 9.17) is 5.73 Å². The first-order chi connectivity index (χ1) is 9.06. The molecule has 0 aliphatic heterocycles. The quantitative estimate of drug-likeness (QED) is 0.884. The summed E-state index contributed by atoms with van der Waals surface area (Å²) in [6, 6.07) is 11.0. The van der Waals surface area contributed by atoms with Crippen molar-refractivity contribution in [1.82, 2.24) is 4.98 Å². The lowest BCUT2D eigenvalue weighted by Gasteiger charge is -2.13. The number of para-hydroxylation sites is 1. The van der Waals surface area contributed by atoms with Crippen molar-refractivity contribution in [2.24, 2.45) is 11.7 Å². The van der Waals surface area contributed by atoms with E-state index in [0.717, 1.165) is 10.9 Å². The fourth-order valence-electron chi connectivity index (χ4n) is 1.97. The molecule has 3 N–H and O–H groups in total. The number of amides is 1. The van der Waals surface area contributed by atoms with Crippen LogP contribution in [0.4, 0.5) is 5.82 Å². The molecule has 2 aromatic rings. The van der Waals surface area contributed by atoms with Crippen molar-refractivity contribution in [1.29, 1.82) is 0 Å². The Kier molecular flexibility index (Phi) is 4.12. The fraction of sp³-hybridized carbons (Fsp3) is 0.333. The Morgan fingerprint density at radius 1 is 1.26 bits per heavy atom. The molecule has 0 saturated carbocycles. The summed E-state index contributed by atoms with van der Waals surface area (Å²) >= 11 is 0. The summed E-state index contributed by atoms with van der Waals surface area (Å²) in [6.45, 7) is 4.09. The van der Waals surface area contributed by atoms with Crippen LogP contribution in [0.1, 0.15) is 20.3 Å². The molecule has 0 aliphatic carbocycles. The van der Waals surface area contributed by atoms with E-state index in [-0.39, 0.29) is 5.91 Å². The van der Waals surface area contributed by atoms with E-state index in [1.165, 1.54) is 0 Å². The number of nitrogens with one attached hydrogen (secondary N) is 1. The molecule has 1 heterocycles. The lowest BCUT2D eigenvalue weighted by molar-refractivity contribution is -0.117. The minimum absolute atomic E-state index is 0.184. The summed E-state index contributed by atoms with van der Waals surface area (Å²) in [6.07, 6.45) is 0.666. The molecular weight excluding hydrogens is 238 g/mol. The number of nitrogens with two attached hydrogens (primary N) is 1. The van der Waals surface area contributed by atoms with Crippen LogP contribution in [0.15, 0.2) is 36.4 Å². The number of carbonyl (C=O) groups excluding carboxylic acids is 1. The highest BCUT2D eigenvalue weighted by atomic mass is 16.2. The number of aromatic nitrogens is 1. The number of hydrogen-bond acceptors (Lipinski definition) is 3. The van der Waals surface area contributed by atoms with Gasteiger partial charge in [-0.2, -0.15) is 0 Å². The average Bonchev–Trinajstić information content (AvgIpc) is 2.37. The molecular formula is C15H19N3O. The van der Waals surface area contributed by atoms with Gasteiger partial charge in [0.15, 0.2) is 0 Å². The molecule has 1 aromatic carbocycles. The molecule has 1 atom stereocenters. The van der Waals surface area contributed by atoms with Gasteiger partial charge in [0.2, 0.25) is 5.91 Å². The van der Waals surface area contributed by atoms with Crippen LogP contribution >= 0.6 is 0 Å². The number of fused-ring (bicyclic) bond motifs is 1. The first kappa shape index (κ1) is 13.5. The maximum atomic E-state index is 11.9. The molecule has 4 heteroatoms. The van der Waals surface area contributed by atoms with Gasteiger partial charge in [0.25, 0.3) is 0 Å². The highest BCUT2D eigenvalue weighted by Crippen LogP contribution is 2.15. The Labute approximate surface area is 113 Å². The smallest absolute Gasteiger partial charge is 0.242 e. The van der Waals surface area contributed by atoms with Crippen LogP contribution in [0, 0.1) is 5.92 Å². The summed E-state index contributed by atoms with van der Waals surface area (Å²) in [7, 11) is 0. The van der Waals surface area contributed by atoms with Crippen molar-refractivity contribution in [2.75, 3.05) is 5.32 Å². The highest BCUT2D eigenvalue weighted by molar-refractivity contribution is 5.94. The van der Waals surface area contributed by atoms with Crippen molar-refractivity contribution in [2.45, 2.75) is 26.3 Å². The number of pyridine rings is 1. The van der Waals surface area contributed by atoms with Gasteiger partial charge < -0.3 is 11.1 Å². The van der Waals surface area contributed by atoms with Gasteiger partial charge in [-0.3, -0.25) is 4.79 Å². The Bertz CT molecular complexity index is 580. The average molecular weight is 257 g/mol. The first-order valence-corrected chi connectivity index (χ1v) is 6.48. The topological polar surface area (TPSA) is 68.0 Å². The Morgan fingerprint density at radius 3 is 2.74 bits per heavy atom. The lowest BCUT2D eigenvalue weighted by Crippen LogP contribution is -2.36. The molecule has 0 aliphatic rings. The fourth-order valence-corrected chi connectivity index (χ4v) is 1.97. The molecule has 0 unspecified atom stereocenters. The minimum Gasteiger partial charge on any atom is -0.320 e. The maximum absolute atomic E-state index is 11.9. The third kappa shape index (κ3) is 3.51. The standard InChI is InChI=1S/C15H19N3O/c1-10(2)9-12(16)15(19)18-14-8-7-11-5-3-4-6-13(11)17-14/h3-8,10,12H,9,16H2,1-2H3,(H,17,18,19)/t12-/m0/s1. The second-order valence-corrected chi connectivity index (χ2v) is 5.11. The second-order valence-electron chi connectivity index (χ2n) is 5.11. The summed E-state index contributed by atoms with van der Waals surface area (Å²) in [4.78, 5) is 16.3. The summed E-state index contributed by atoms with van der Waals surface area (Å²) in [5, 5.41) is 3.81. The third-order valence-electron chi connectivity index (χ3n) is 2.91. The van der Waals surface area contributed by atoms with E-state index in [2.05, 4.69) is 10.3 Å². The van der Waals surface area contributed by atoms with Crippen molar-refractivity contribution in [3.63, 3.8) is 0 Å². The van der Waals surface area contributed by atoms with Crippen LogP contribution in [0.2, 0.25) is 0 Å². The number of nitrogens with zero attached hydrogens (tertiary/aromatic N) is 1. The number of benzene rings is 1. The molecule has 2 rings (SSSR count). The maximum Gasteiger partial charge on any atom is 0.242 e. The van der Waals surface area contributed by atoms with Crippen molar-refractivity contribution in [3.8, 4) is 0 Å². The number of carbonyl (C=O) groups is 1. The molecule has 0 radical (unpaired) electrons. The molecule has 0 bridgehead atoms. The molecule has 0 spiro atoms. The van der Waals surface area contributed by atoms with E-state index in [1.807, 2.05) is 44.2 Å². The number of anilines is 1. The van der Waals surface area contributed by atoms with Crippen LogP contribution < -0.4 is 11.1 Å². The molecule has 100 valence electrons. The largest absolute Gasteiger partial charge is 0.320 e. The van der Waals surface area contributed by atoms with Gasteiger partial charge in [-0.15, -0.1) is 0 Å². The van der Waals surface area contributed by atoms with Gasteiger partial charge >= 0.3 is 0 Å². The van der Waals surface area contributed by atoms with Crippen molar-refractivity contribution in [3.05, 3.63) is 36.4 Å². The van der Waals surface area contributed by atoms with Gasteiger partial charge in [0.05, 0.1) is 11.6 Å². The SMILES string of the molecule is CC(C)C[C@H](N)C(=O)Nc1ccc2ccccc2n1. The Hall–Kier alpha value is -1.94. The van der Waals surface area contributed by atoms with Gasteiger partial charge in [0.1, 0.15) is 5.82 Å². The van der Waals surface area contributed by atoms with E-state index in [9.17, 15) is 4.79 Å². The molecule has 1 aromatic heterocycles. The van der Waals surface area contributed by atoms with E-state index in [0.29, 0.717) is 18.2 Å².